The molecule has 3 heteroatoms. The van der Waals surface area contributed by atoms with E-state index < -0.39 is 0 Å². The summed E-state index contributed by atoms with van der Waals surface area (Å²) in [6, 6.07) is 0.620. The minimum absolute atomic E-state index is 0.142. The van der Waals surface area contributed by atoms with E-state index in [4.69, 9.17) is 0 Å². The van der Waals surface area contributed by atoms with Crippen LogP contribution in [-0.2, 0) is 4.79 Å². The summed E-state index contributed by atoms with van der Waals surface area (Å²) < 4.78 is 0. The van der Waals surface area contributed by atoms with Gasteiger partial charge in [0, 0.05) is 19.0 Å². The number of carbonyl (C=O) groups excluding carboxylic acids is 1. The van der Waals surface area contributed by atoms with E-state index in [2.05, 4.69) is 17.2 Å². The van der Waals surface area contributed by atoms with Crippen molar-refractivity contribution in [2.45, 2.75) is 38.1 Å². The highest BCUT2D eigenvalue weighted by molar-refractivity contribution is 5.75. The van der Waals surface area contributed by atoms with Crippen LogP contribution in [0.4, 0.5) is 0 Å². The lowest BCUT2D eigenvalue weighted by Gasteiger charge is -2.10. The Bertz CT molecular complexity index is 186. The molecule has 80 valence electrons. The van der Waals surface area contributed by atoms with Crippen LogP contribution in [0.3, 0.4) is 0 Å². The van der Waals surface area contributed by atoms with E-state index in [-0.39, 0.29) is 5.91 Å². The molecule has 0 radical (unpaired) electrons. The predicted molar refractivity (Wildman–Crippen MR) is 58.1 cm³/mol. The SMILES string of the molecule is C=CCCC(=O)NCC[C@@H]1CCCN1. The average molecular weight is 196 g/mol. The van der Waals surface area contributed by atoms with Crippen LogP contribution < -0.4 is 10.6 Å². The minimum Gasteiger partial charge on any atom is -0.356 e. The molecule has 0 aromatic carbocycles. The summed E-state index contributed by atoms with van der Waals surface area (Å²) in [5.41, 5.74) is 0. The molecule has 1 rings (SSSR count). The molecule has 0 saturated carbocycles. The zero-order valence-corrected chi connectivity index (χ0v) is 8.72. The lowest BCUT2D eigenvalue weighted by atomic mass is 10.1. The standard InChI is InChI=1S/C11H20N2O/c1-2-3-6-11(14)13-9-7-10-5-4-8-12-10/h2,10,12H,1,3-9H2,(H,13,14)/t10-/m0/s1. The lowest BCUT2D eigenvalue weighted by molar-refractivity contribution is -0.121. The smallest absolute Gasteiger partial charge is 0.220 e. The van der Waals surface area contributed by atoms with Crippen molar-refractivity contribution in [1.82, 2.24) is 10.6 Å². The molecule has 3 nitrogen and oxygen atoms in total. The summed E-state index contributed by atoms with van der Waals surface area (Å²) in [7, 11) is 0. The summed E-state index contributed by atoms with van der Waals surface area (Å²) in [6.45, 7) is 5.52. The van der Waals surface area contributed by atoms with Crippen LogP contribution in [0.2, 0.25) is 0 Å². The fourth-order valence-corrected chi connectivity index (χ4v) is 1.71. The number of hydrogen-bond acceptors (Lipinski definition) is 2. The molecule has 1 aliphatic heterocycles. The zero-order valence-electron chi connectivity index (χ0n) is 8.72. The van der Waals surface area contributed by atoms with Crippen LogP contribution >= 0.6 is 0 Å². The second kappa shape index (κ2) is 6.60. The Hall–Kier alpha value is -0.830. The van der Waals surface area contributed by atoms with E-state index in [9.17, 15) is 4.79 Å². The number of allylic oxidation sites excluding steroid dienone is 1. The van der Waals surface area contributed by atoms with E-state index in [1.54, 1.807) is 6.08 Å². The minimum atomic E-state index is 0.142. The molecule has 1 amide bonds. The molecule has 2 N–H and O–H groups in total. The van der Waals surface area contributed by atoms with Gasteiger partial charge in [0.25, 0.3) is 0 Å². The Morgan fingerprint density at radius 3 is 3.14 bits per heavy atom. The fourth-order valence-electron chi connectivity index (χ4n) is 1.71. The van der Waals surface area contributed by atoms with Crippen molar-refractivity contribution in [3.05, 3.63) is 12.7 Å². The van der Waals surface area contributed by atoms with Gasteiger partial charge in [0.05, 0.1) is 0 Å². The van der Waals surface area contributed by atoms with Gasteiger partial charge in [-0.15, -0.1) is 6.58 Å². The first-order valence-corrected chi connectivity index (χ1v) is 5.44. The monoisotopic (exact) mass is 196 g/mol. The highest BCUT2D eigenvalue weighted by Crippen LogP contribution is 2.07. The van der Waals surface area contributed by atoms with Gasteiger partial charge in [-0.2, -0.15) is 0 Å². The zero-order chi connectivity index (χ0) is 10.2. The molecular formula is C11H20N2O. The summed E-state index contributed by atoms with van der Waals surface area (Å²) in [5.74, 6) is 0.142. The Kier molecular flexibility index (Phi) is 5.30. The molecule has 0 unspecified atom stereocenters. The van der Waals surface area contributed by atoms with Crippen LogP contribution in [0.5, 0.6) is 0 Å². The van der Waals surface area contributed by atoms with Crippen molar-refractivity contribution in [1.29, 1.82) is 0 Å². The Morgan fingerprint density at radius 1 is 1.64 bits per heavy atom. The largest absolute Gasteiger partial charge is 0.356 e. The van der Waals surface area contributed by atoms with Gasteiger partial charge in [-0.25, -0.2) is 0 Å². The summed E-state index contributed by atoms with van der Waals surface area (Å²) in [4.78, 5) is 11.2. The molecule has 0 aliphatic carbocycles. The van der Waals surface area contributed by atoms with E-state index in [1.165, 1.54) is 12.8 Å². The van der Waals surface area contributed by atoms with Crippen LogP contribution in [-0.4, -0.2) is 25.0 Å². The molecule has 0 aromatic heterocycles. The van der Waals surface area contributed by atoms with Crippen LogP contribution in [0.15, 0.2) is 12.7 Å². The van der Waals surface area contributed by atoms with Crippen molar-refractivity contribution in [3.63, 3.8) is 0 Å². The maximum absolute atomic E-state index is 11.2. The molecule has 1 saturated heterocycles. The van der Waals surface area contributed by atoms with E-state index in [1.807, 2.05) is 0 Å². The fraction of sp³-hybridized carbons (Fsp3) is 0.727. The number of nitrogens with one attached hydrogen (secondary N) is 2. The van der Waals surface area contributed by atoms with Gasteiger partial charge in [-0.05, 0) is 32.2 Å². The molecule has 1 atom stereocenters. The summed E-state index contributed by atoms with van der Waals surface area (Å²) in [5, 5.41) is 6.32. The van der Waals surface area contributed by atoms with Gasteiger partial charge in [0.1, 0.15) is 0 Å². The van der Waals surface area contributed by atoms with Gasteiger partial charge in [-0.1, -0.05) is 6.08 Å². The number of rotatable bonds is 6. The van der Waals surface area contributed by atoms with Crippen LogP contribution in [0.25, 0.3) is 0 Å². The second-order valence-electron chi connectivity index (χ2n) is 3.76. The molecule has 1 fully saturated rings. The molecule has 0 spiro atoms. The third-order valence-electron chi connectivity index (χ3n) is 2.55. The normalized spacial score (nSPS) is 20.7. The molecular weight excluding hydrogens is 176 g/mol. The maximum Gasteiger partial charge on any atom is 0.220 e. The van der Waals surface area contributed by atoms with E-state index in [0.29, 0.717) is 12.5 Å². The predicted octanol–water partition coefficient (Wildman–Crippen LogP) is 1.21. The quantitative estimate of drug-likeness (QED) is 0.627. The van der Waals surface area contributed by atoms with Crippen molar-refractivity contribution in [3.8, 4) is 0 Å². The van der Waals surface area contributed by atoms with Crippen molar-refractivity contribution >= 4 is 5.91 Å². The van der Waals surface area contributed by atoms with E-state index in [0.717, 1.165) is 25.9 Å². The second-order valence-corrected chi connectivity index (χ2v) is 3.76. The lowest BCUT2D eigenvalue weighted by Crippen LogP contribution is -2.30. The Balaban J connectivity index is 1.96. The van der Waals surface area contributed by atoms with Gasteiger partial charge < -0.3 is 10.6 Å². The van der Waals surface area contributed by atoms with Crippen molar-refractivity contribution < 1.29 is 4.79 Å². The molecule has 1 heterocycles. The van der Waals surface area contributed by atoms with Gasteiger partial charge >= 0.3 is 0 Å². The maximum atomic E-state index is 11.2. The van der Waals surface area contributed by atoms with Crippen LogP contribution in [0.1, 0.15) is 32.1 Å². The third-order valence-corrected chi connectivity index (χ3v) is 2.55. The third kappa shape index (κ3) is 4.42. The number of amides is 1. The summed E-state index contributed by atoms with van der Waals surface area (Å²) >= 11 is 0. The molecule has 0 bridgehead atoms. The first-order valence-electron chi connectivity index (χ1n) is 5.44. The topological polar surface area (TPSA) is 41.1 Å². The average Bonchev–Trinajstić information content (AvgIpc) is 2.67. The van der Waals surface area contributed by atoms with Crippen molar-refractivity contribution in [2.75, 3.05) is 13.1 Å². The molecule has 14 heavy (non-hydrogen) atoms. The first-order chi connectivity index (χ1) is 6.83. The van der Waals surface area contributed by atoms with Crippen molar-refractivity contribution in [2.24, 2.45) is 0 Å². The Labute approximate surface area is 86.0 Å². The number of hydrogen-bond donors (Lipinski definition) is 2. The van der Waals surface area contributed by atoms with Gasteiger partial charge in [0.2, 0.25) is 5.91 Å². The van der Waals surface area contributed by atoms with Gasteiger partial charge in [0.15, 0.2) is 0 Å². The molecule has 1 aliphatic rings. The highest BCUT2D eigenvalue weighted by Gasteiger charge is 2.13. The van der Waals surface area contributed by atoms with Gasteiger partial charge in [-0.3, -0.25) is 4.79 Å². The summed E-state index contributed by atoms with van der Waals surface area (Å²) in [6.07, 6.45) is 6.70. The first kappa shape index (κ1) is 11.2. The van der Waals surface area contributed by atoms with E-state index >= 15 is 0 Å². The highest BCUT2D eigenvalue weighted by atomic mass is 16.1. The Morgan fingerprint density at radius 2 is 2.50 bits per heavy atom. The van der Waals surface area contributed by atoms with Crippen LogP contribution in [0, 0.1) is 0 Å². The number of carbonyl (C=O) groups is 1. The molecule has 0 aromatic rings.